The largest absolute Gasteiger partial charge is 0.494 e. The molecule has 6 heteroatoms. The lowest BCUT2D eigenvalue weighted by Gasteiger charge is -2.23. The van der Waals surface area contributed by atoms with Crippen molar-refractivity contribution in [1.29, 1.82) is 0 Å². The van der Waals surface area contributed by atoms with Crippen molar-refractivity contribution in [1.82, 2.24) is 14.9 Å². The van der Waals surface area contributed by atoms with Crippen LogP contribution in [-0.4, -0.2) is 27.4 Å². The summed E-state index contributed by atoms with van der Waals surface area (Å²) in [5.74, 6) is 1.26. The van der Waals surface area contributed by atoms with E-state index < -0.39 is 0 Å². The summed E-state index contributed by atoms with van der Waals surface area (Å²) < 4.78 is 5.87. The van der Waals surface area contributed by atoms with E-state index in [4.69, 9.17) is 4.74 Å². The normalized spacial score (nSPS) is 11.4. The number of nitrogens with one attached hydrogen (secondary N) is 1. The number of amides is 1. The molecule has 0 aliphatic heterocycles. The average molecular weight is 484 g/mol. The van der Waals surface area contributed by atoms with E-state index in [1.165, 1.54) is 5.56 Å². The van der Waals surface area contributed by atoms with E-state index in [1.807, 2.05) is 60.7 Å². The van der Waals surface area contributed by atoms with Gasteiger partial charge in [-0.2, -0.15) is 0 Å². The quantitative estimate of drug-likeness (QED) is 0.314. The number of H-pyrrole nitrogens is 1. The maximum absolute atomic E-state index is 13.2. The fourth-order valence-electron chi connectivity index (χ4n) is 4.05. The van der Waals surface area contributed by atoms with Crippen molar-refractivity contribution < 1.29 is 9.53 Å². The van der Waals surface area contributed by atoms with Gasteiger partial charge in [0.2, 0.25) is 5.91 Å². The lowest BCUT2D eigenvalue weighted by atomic mass is 9.87. The number of carbonyl (C=O) groups excluding carboxylic acids is 1. The van der Waals surface area contributed by atoms with Gasteiger partial charge < -0.3 is 14.6 Å². The first-order valence-electron chi connectivity index (χ1n) is 12.3. The number of fused-ring (bicyclic) bond motifs is 1. The van der Waals surface area contributed by atoms with E-state index in [9.17, 15) is 9.59 Å². The van der Waals surface area contributed by atoms with Gasteiger partial charge in [-0.25, -0.2) is 4.98 Å². The molecule has 0 fully saturated rings. The van der Waals surface area contributed by atoms with E-state index in [-0.39, 0.29) is 23.4 Å². The zero-order valence-corrected chi connectivity index (χ0v) is 21.2. The van der Waals surface area contributed by atoms with Crippen LogP contribution in [0.4, 0.5) is 0 Å². The molecule has 3 aromatic carbocycles. The number of hydrogen-bond acceptors (Lipinski definition) is 4. The van der Waals surface area contributed by atoms with Crippen molar-refractivity contribution in [2.75, 3.05) is 6.61 Å². The summed E-state index contributed by atoms with van der Waals surface area (Å²) in [7, 11) is 0. The zero-order chi connectivity index (χ0) is 25.5. The Morgan fingerprint density at radius 3 is 2.33 bits per heavy atom. The van der Waals surface area contributed by atoms with Gasteiger partial charge in [0, 0.05) is 13.0 Å². The van der Waals surface area contributed by atoms with Gasteiger partial charge in [-0.3, -0.25) is 9.59 Å². The first kappa shape index (κ1) is 25.2. The lowest BCUT2D eigenvalue weighted by Crippen LogP contribution is -2.31. The van der Waals surface area contributed by atoms with Gasteiger partial charge in [0.05, 0.1) is 24.1 Å². The van der Waals surface area contributed by atoms with Gasteiger partial charge in [0.25, 0.3) is 5.56 Å². The highest BCUT2D eigenvalue weighted by Gasteiger charge is 2.17. The third-order valence-electron chi connectivity index (χ3n) is 6.10. The maximum atomic E-state index is 13.2. The standard InChI is InChI=1S/C30H33N3O3/c1-30(2,3)23-15-17-24(18-16-23)36-19-9-14-28(34)33(20-22-10-5-4-6-11-22)21-27-31-26-13-8-7-12-25(26)29(35)32-27/h4-8,10-13,15-18H,9,14,19-21H2,1-3H3,(H,31,32,35). The molecule has 1 aromatic heterocycles. The number of benzene rings is 3. The van der Waals surface area contributed by atoms with Crippen LogP contribution >= 0.6 is 0 Å². The van der Waals surface area contributed by atoms with Crippen molar-refractivity contribution in [2.24, 2.45) is 0 Å². The van der Waals surface area contributed by atoms with Gasteiger partial charge >= 0.3 is 0 Å². The molecule has 186 valence electrons. The molecule has 1 N–H and O–H groups in total. The van der Waals surface area contributed by atoms with Crippen molar-refractivity contribution in [2.45, 2.75) is 52.1 Å². The second-order valence-electron chi connectivity index (χ2n) is 9.99. The van der Waals surface area contributed by atoms with Gasteiger partial charge in [-0.15, -0.1) is 0 Å². The number of carbonyl (C=O) groups is 1. The Balaban J connectivity index is 1.40. The summed E-state index contributed by atoms with van der Waals surface area (Å²) in [5, 5.41) is 0.537. The molecule has 36 heavy (non-hydrogen) atoms. The van der Waals surface area contributed by atoms with Crippen molar-refractivity contribution >= 4 is 16.8 Å². The molecule has 1 amide bonds. The molecule has 0 unspecified atom stereocenters. The van der Waals surface area contributed by atoms with E-state index in [0.717, 1.165) is 11.3 Å². The Labute approximate surface area is 212 Å². The number of nitrogens with zero attached hydrogens (tertiary/aromatic N) is 2. The number of rotatable bonds is 9. The van der Waals surface area contributed by atoms with Crippen LogP contribution < -0.4 is 10.3 Å². The number of aromatic nitrogens is 2. The molecule has 0 aliphatic carbocycles. The molecule has 0 bridgehead atoms. The van der Waals surface area contributed by atoms with Crippen LogP contribution in [0.3, 0.4) is 0 Å². The highest BCUT2D eigenvalue weighted by molar-refractivity contribution is 5.78. The third-order valence-corrected chi connectivity index (χ3v) is 6.10. The molecule has 1 heterocycles. The second-order valence-corrected chi connectivity index (χ2v) is 9.99. The monoisotopic (exact) mass is 483 g/mol. The van der Waals surface area contributed by atoms with Crippen molar-refractivity contribution in [3.8, 4) is 5.75 Å². The molecule has 6 nitrogen and oxygen atoms in total. The molecule has 0 spiro atoms. The van der Waals surface area contributed by atoms with Gasteiger partial charge in [0.1, 0.15) is 11.6 Å². The Kier molecular flexibility index (Phi) is 7.84. The summed E-state index contributed by atoms with van der Waals surface area (Å²) in [6, 6.07) is 25.2. The molecule has 0 aliphatic rings. The van der Waals surface area contributed by atoms with Crippen LogP contribution in [0.25, 0.3) is 10.9 Å². The van der Waals surface area contributed by atoms with E-state index in [1.54, 1.807) is 11.0 Å². The van der Waals surface area contributed by atoms with Crippen LogP contribution in [0.15, 0.2) is 83.7 Å². The van der Waals surface area contributed by atoms with Crippen LogP contribution in [0.5, 0.6) is 5.75 Å². The predicted octanol–water partition coefficient (Wildman–Crippen LogP) is 5.61. The minimum absolute atomic E-state index is 0.0126. The highest BCUT2D eigenvalue weighted by atomic mass is 16.5. The van der Waals surface area contributed by atoms with E-state index >= 15 is 0 Å². The number of hydrogen-bond donors (Lipinski definition) is 1. The zero-order valence-electron chi connectivity index (χ0n) is 21.2. The Bertz CT molecular complexity index is 1360. The molecule has 0 saturated carbocycles. The van der Waals surface area contributed by atoms with Crippen LogP contribution in [-0.2, 0) is 23.3 Å². The summed E-state index contributed by atoms with van der Waals surface area (Å²) >= 11 is 0. The van der Waals surface area contributed by atoms with E-state index in [0.29, 0.717) is 42.7 Å². The Morgan fingerprint density at radius 2 is 1.61 bits per heavy atom. The van der Waals surface area contributed by atoms with E-state index in [2.05, 4.69) is 42.9 Å². The van der Waals surface area contributed by atoms with Crippen molar-refractivity contribution in [3.63, 3.8) is 0 Å². The Morgan fingerprint density at radius 1 is 0.917 bits per heavy atom. The fourth-order valence-corrected chi connectivity index (χ4v) is 4.05. The topological polar surface area (TPSA) is 75.3 Å². The highest BCUT2D eigenvalue weighted by Crippen LogP contribution is 2.24. The smallest absolute Gasteiger partial charge is 0.258 e. The SMILES string of the molecule is CC(C)(C)c1ccc(OCCCC(=O)N(Cc2ccccc2)Cc2nc3ccccc3c(=O)[nH]2)cc1. The minimum Gasteiger partial charge on any atom is -0.494 e. The van der Waals surface area contributed by atoms with Crippen LogP contribution in [0.2, 0.25) is 0 Å². The van der Waals surface area contributed by atoms with Gasteiger partial charge in [-0.05, 0) is 47.2 Å². The van der Waals surface area contributed by atoms with Crippen LogP contribution in [0.1, 0.15) is 50.6 Å². The van der Waals surface area contributed by atoms with Gasteiger partial charge in [0.15, 0.2) is 0 Å². The Hall–Kier alpha value is -3.93. The predicted molar refractivity (Wildman–Crippen MR) is 143 cm³/mol. The molecule has 4 aromatic rings. The first-order valence-corrected chi connectivity index (χ1v) is 12.3. The lowest BCUT2D eigenvalue weighted by molar-refractivity contribution is -0.132. The molecule has 4 rings (SSSR count). The third kappa shape index (κ3) is 6.60. The summed E-state index contributed by atoms with van der Waals surface area (Å²) in [6.07, 6.45) is 0.928. The molecule has 0 radical (unpaired) electrons. The number of ether oxygens (including phenoxy) is 1. The number of aromatic amines is 1. The summed E-state index contributed by atoms with van der Waals surface area (Å²) in [4.78, 5) is 34.9. The molecular weight excluding hydrogens is 450 g/mol. The first-order chi connectivity index (χ1) is 17.3. The summed E-state index contributed by atoms with van der Waals surface area (Å²) in [6.45, 7) is 7.65. The van der Waals surface area contributed by atoms with Crippen molar-refractivity contribution in [3.05, 3.63) is 106 Å². The average Bonchev–Trinajstić information content (AvgIpc) is 2.86. The maximum Gasteiger partial charge on any atom is 0.258 e. The molecular formula is C30H33N3O3. The van der Waals surface area contributed by atoms with Crippen LogP contribution in [0, 0.1) is 0 Å². The minimum atomic E-state index is -0.200. The van der Waals surface area contributed by atoms with Gasteiger partial charge in [-0.1, -0.05) is 75.4 Å². The molecule has 0 atom stereocenters. The fraction of sp³-hybridized carbons (Fsp3) is 0.300. The summed E-state index contributed by atoms with van der Waals surface area (Å²) in [5.41, 5.74) is 2.78. The molecule has 0 saturated heterocycles. The number of para-hydroxylation sites is 1. The second kappa shape index (κ2) is 11.2.